The minimum atomic E-state index is 0.392. The van der Waals surface area contributed by atoms with Crippen LogP contribution in [0.4, 0.5) is 0 Å². The molecule has 0 aromatic rings. The Balaban J connectivity index is 2.09. The molecule has 0 spiro atoms. The summed E-state index contributed by atoms with van der Waals surface area (Å²) in [7, 11) is 0. The molecule has 0 radical (unpaired) electrons. The van der Waals surface area contributed by atoms with Crippen molar-refractivity contribution in [1.29, 1.82) is 0 Å². The van der Waals surface area contributed by atoms with Gasteiger partial charge in [-0.05, 0) is 93.8 Å². The fourth-order valence-corrected chi connectivity index (χ4v) is 4.07. The van der Waals surface area contributed by atoms with Gasteiger partial charge < -0.3 is 0 Å². The lowest BCUT2D eigenvalue weighted by Crippen LogP contribution is -2.40. The van der Waals surface area contributed by atoms with Crippen molar-refractivity contribution >= 4 is 5.71 Å². The van der Waals surface area contributed by atoms with Crippen LogP contribution in [0.2, 0.25) is 0 Å². The molecule has 0 heterocycles. The van der Waals surface area contributed by atoms with Crippen LogP contribution in [0.1, 0.15) is 79.6 Å². The summed E-state index contributed by atoms with van der Waals surface area (Å²) in [5.74, 6) is 0. The van der Waals surface area contributed by atoms with E-state index in [1.807, 2.05) is 0 Å². The largest absolute Gasteiger partial charge is 0.263 e. The summed E-state index contributed by atoms with van der Waals surface area (Å²) >= 11 is 0. The van der Waals surface area contributed by atoms with Crippen LogP contribution in [-0.2, 0) is 0 Å². The summed E-state index contributed by atoms with van der Waals surface area (Å²) in [6.07, 6.45) is 13.7. The average Bonchev–Trinajstić information content (AvgIpc) is 2.47. The number of nitrogens with zero attached hydrogens (tertiary/aromatic N) is 1. The molecule has 22 heavy (non-hydrogen) atoms. The Bertz CT molecular complexity index is 506. The molecule has 3 aliphatic rings. The number of hydrogen-bond acceptors (Lipinski definition) is 1. The third-order valence-corrected chi connectivity index (χ3v) is 6.02. The van der Waals surface area contributed by atoms with Gasteiger partial charge in [-0.1, -0.05) is 26.5 Å². The smallest absolute Gasteiger partial charge is 0.0374 e. The second kappa shape index (κ2) is 6.56. The molecule has 0 atom stereocenters. The normalized spacial score (nSPS) is 33.2. The lowest BCUT2D eigenvalue weighted by Gasteiger charge is -2.52. The van der Waals surface area contributed by atoms with Gasteiger partial charge in [0.2, 0.25) is 0 Å². The van der Waals surface area contributed by atoms with Crippen LogP contribution < -0.4 is 0 Å². The van der Waals surface area contributed by atoms with Crippen LogP contribution in [0.15, 0.2) is 40.6 Å². The third kappa shape index (κ3) is 3.80. The predicted octanol–water partition coefficient (Wildman–Crippen LogP) is 6.62. The maximum absolute atomic E-state index is 4.62. The van der Waals surface area contributed by atoms with Gasteiger partial charge >= 0.3 is 0 Å². The van der Waals surface area contributed by atoms with E-state index in [1.54, 1.807) is 0 Å². The number of allylic oxidation sites excluding steroid dienone is 5. The standard InChI is InChI=1S/C21H33N/c1-7-18(4)22-19(5)15-16(2)14-17(3)21-11-8-20(6,9-12-21)10-13-21/h14-15H,3,7-13H2,1-2,4-6H3/b16-14+,19-15-,22-18?. The van der Waals surface area contributed by atoms with Gasteiger partial charge in [-0.25, -0.2) is 0 Å². The molecular weight excluding hydrogens is 266 g/mol. The Kier molecular flexibility index (Phi) is 5.14. The van der Waals surface area contributed by atoms with E-state index in [2.05, 4.69) is 58.3 Å². The molecule has 3 saturated carbocycles. The molecule has 2 bridgehead atoms. The molecule has 1 heteroatoms. The zero-order valence-electron chi connectivity index (χ0n) is 15.3. The van der Waals surface area contributed by atoms with E-state index in [-0.39, 0.29) is 0 Å². The maximum atomic E-state index is 4.62. The van der Waals surface area contributed by atoms with Crippen molar-refractivity contribution in [2.24, 2.45) is 15.8 Å². The average molecular weight is 300 g/mol. The van der Waals surface area contributed by atoms with Gasteiger partial charge in [0.25, 0.3) is 0 Å². The fraction of sp³-hybridized carbons (Fsp3) is 0.667. The summed E-state index contributed by atoms with van der Waals surface area (Å²) in [5, 5.41) is 0. The molecule has 3 aliphatic carbocycles. The summed E-state index contributed by atoms with van der Waals surface area (Å²) < 4.78 is 0. The van der Waals surface area contributed by atoms with E-state index < -0.39 is 0 Å². The van der Waals surface area contributed by atoms with Crippen molar-refractivity contribution < 1.29 is 0 Å². The minimum Gasteiger partial charge on any atom is -0.263 e. The molecule has 122 valence electrons. The first-order valence-corrected chi connectivity index (χ1v) is 8.89. The van der Waals surface area contributed by atoms with Crippen molar-refractivity contribution in [2.75, 3.05) is 0 Å². The van der Waals surface area contributed by atoms with Gasteiger partial charge in [0, 0.05) is 11.4 Å². The van der Waals surface area contributed by atoms with Crippen molar-refractivity contribution in [2.45, 2.75) is 79.6 Å². The van der Waals surface area contributed by atoms with Crippen molar-refractivity contribution in [3.05, 3.63) is 35.6 Å². The Morgan fingerprint density at radius 3 is 2.05 bits per heavy atom. The lowest BCUT2D eigenvalue weighted by molar-refractivity contribution is 0.0308. The monoisotopic (exact) mass is 299 g/mol. The number of aliphatic imine (C=N–C) groups is 1. The molecule has 0 saturated heterocycles. The van der Waals surface area contributed by atoms with Crippen molar-refractivity contribution in [3.63, 3.8) is 0 Å². The van der Waals surface area contributed by atoms with Crippen LogP contribution in [0.25, 0.3) is 0 Å². The van der Waals surface area contributed by atoms with Crippen molar-refractivity contribution in [3.8, 4) is 0 Å². The highest BCUT2D eigenvalue weighted by atomic mass is 14.7. The molecule has 3 fully saturated rings. The van der Waals surface area contributed by atoms with E-state index >= 15 is 0 Å². The van der Waals surface area contributed by atoms with Gasteiger partial charge in [-0.15, -0.1) is 0 Å². The summed E-state index contributed by atoms with van der Waals surface area (Å²) in [5.41, 5.74) is 5.94. The first kappa shape index (κ1) is 17.2. The molecular formula is C21H33N. The quantitative estimate of drug-likeness (QED) is 0.399. The number of hydrogen-bond donors (Lipinski definition) is 0. The molecule has 0 aromatic carbocycles. The highest BCUT2D eigenvalue weighted by molar-refractivity contribution is 5.82. The summed E-state index contributed by atoms with van der Waals surface area (Å²) in [6.45, 7) is 15.4. The van der Waals surface area contributed by atoms with Gasteiger partial charge in [-0.2, -0.15) is 0 Å². The molecule has 0 aliphatic heterocycles. The van der Waals surface area contributed by atoms with E-state index in [0.29, 0.717) is 10.8 Å². The Labute approximate surface area is 137 Å². The Morgan fingerprint density at radius 2 is 1.55 bits per heavy atom. The van der Waals surface area contributed by atoms with E-state index in [9.17, 15) is 0 Å². The van der Waals surface area contributed by atoms with E-state index in [4.69, 9.17) is 0 Å². The lowest BCUT2D eigenvalue weighted by atomic mass is 9.52. The van der Waals surface area contributed by atoms with Gasteiger partial charge in [-0.3, -0.25) is 4.99 Å². The van der Waals surface area contributed by atoms with E-state index in [0.717, 1.165) is 12.1 Å². The van der Waals surface area contributed by atoms with Crippen LogP contribution >= 0.6 is 0 Å². The molecule has 0 N–H and O–H groups in total. The number of rotatable bonds is 5. The first-order chi connectivity index (χ1) is 10.3. The van der Waals surface area contributed by atoms with Crippen LogP contribution in [0, 0.1) is 10.8 Å². The Morgan fingerprint density at radius 1 is 1.00 bits per heavy atom. The van der Waals surface area contributed by atoms with Gasteiger partial charge in [0.15, 0.2) is 0 Å². The highest BCUT2D eigenvalue weighted by Crippen LogP contribution is 2.59. The number of fused-ring (bicyclic) bond motifs is 3. The highest BCUT2D eigenvalue weighted by Gasteiger charge is 2.46. The molecule has 0 amide bonds. The summed E-state index contributed by atoms with van der Waals surface area (Å²) in [4.78, 5) is 4.62. The van der Waals surface area contributed by atoms with Gasteiger partial charge in [0.05, 0.1) is 0 Å². The van der Waals surface area contributed by atoms with Gasteiger partial charge in [0.1, 0.15) is 0 Å². The Hall–Kier alpha value is -1.11. The molecule has 0 aromatic heterocycles. The zero-order valence-corrected chi connectivity index (χ0v) is 15.3. The topological polar surface area (TPSA) is 12.4 Å². The van der Waals surface area contributed by atoms with Crippen LogP contribution in [0.5, 0.6) is 0 Å². The maximum Gasteiger partial charge on any atom is 0.0374 e. The molecule has 0 unspecified atom stereocenters. The van der Waals surface area contributed by atoms with Crippen LogP contribution in [-0.4, -0.2) is 5.71 Å². The van der Waals surface area contributed by atoms with Crippen LogP contribution in [0.3, 0.4) is 0 Å². The first-order valence-electron chi connectivity index (χ1n) is 8.89. The molecule has 3 rings (SSSR count). The minimum absolute atomic E-state index is 0.392. The molecule has 1 nitrogen and oxygen atoms in total. The second-order valence-corrected chi connectivity index (χ2v) is 7.99. The van der Waals surface area contributed by atoms with E-state index in [1.165, 1.54) is 55.4 Å². The third-order valence-electron chi connectivity index (χ3n) is 6.02. The predicted molar refractivity (Wildman–Crippen MR) is 98.3 cm³/mol. The van der Waals surface area contributed by atoms with Crippen molar-refractivity contribution in [1.82, 2.24) is 0 Å². The zero-order chi connectivity index (χ0) is 16.4. The summed E-state index contributed by atoms with van der Waals surface area (Å²) in [6, 6.07) is 0. The SMILES string of the molecule is C=C(/C=C(C)/C=C(/C)N=C(C)CC)C12CCC(C)(CC1)CC2. The second-order valence-electron chi connectivity index (χ2n) is 7.99. The fourth-order valence-electron chi connectivity index (χ4n) is 4.07.